The first-order chi connectivity index (χ1) is 10.2. The van der Waals surface area contributed by atoms with Crippen molar-refractivity contribution in [2.45, 2.75) is 38.6 Å². The molecule has 0 aliphatic heterocycles. The van der Waals surface area contributed by atoms with Crippen LogP contribution in [0.5, 0.6) is 6.01 Å². The van der Waals surface area contributed by atoms with Gasteiger partial charge in [-0.05, 0) is 26.2 Å². The number of nitrogens with one attached hydrogen (secondary N) is 3. The molecule has 0 unspecified atom stereocenters. The number of rotatable bonds is 9. The molecule has 1 fully saturated rings. The zero-order chi connectivity index (χ0) is 15.1. The van der Waals surface area contributed by atoms with Crippen LogP contribution >= 0.6 is 0 Å². The molecule has 1 amide bonds. The maximum atomic E-state index is 11.5. The maximum Gasteiger partial charge on any atom is 0.322 e. The van der Waals surface area contributed by atoms with Gasteiger partial charge in [-0.1, -0.05) is 0 Å². The molecule has 1 aromatic heterocycles. The molecule has 1 aliphatic rings. The molecule has 0 radical (unpaired) electrons. The van der Waals surface area contributed by atoms with E-state index in [-0.39, 0.29) is 11.9 Å². The first-order valence-electron chi connectivity index (χ1n) is 7.28. The molecule has 0 spiro atoms. The highest BCUT2D eigenvalue weighted by Gasteiger charge is 2.22. The van der Waals surface area contributed by atoms with Crippen molar-refractivity contribution in [3.05, 3.63) is 0 Å². The molecule has 0 saturated heterocycles. The molecule has 8 heteroatoms. The number of anilines is 2. The van der Waals surface area contributed by atoms with Crippen LogP contribution in [0.2, 0.25) is 0 Å². The minimum atomic E-state index is 0.112. The molecule has 3 N–H and O–H groups in total. The van der Waals surface area contributed by atoms with E-state index in [1.165, 1.54) is 7.11 Å². The summed E-state index contributed by atoms with van der Waals surface area (Å²) in [5, 5.41) is 9.05. The van der Waals surface area contributed by atoms with E-state index in [2.05, 4.69) is 30.9 Å². The third-order valence-corrected chi connectivity index (χ3v) is 2.94. The number of hydrogen-bond acceptors (Lipinski definition) is 7. The molecule has 0 atom stereocenters. The molecule has 2 rings (SSSR count). The minimum Gasteiger partial charge on any atom is -0.467 e. The second kappa shape index (κ2) is 7.61. The standard InChI is InChI=1S/C13H22N6O2/c1-3-14-11-17-12(19-13(18-11)21-2)15-8-4-5-10(20)16-9-6-7-9/h9H,3-8H2,1-2H3,(H,16,20)(H2,14,15,17,18,19). The Bertz CT molecular complexity index is 478. The summed E-state index contributed by atoms with van der Waals surface area (Å²) >= 11 is 0. The zero-order valence-electron chi connectivity index (χ0n) is 12.5. The Morgan fingerprint density at radius 3 is 2.57 bits per heavy atom. The quantitative estimate of drug-likeness (QED) is 0.579. The van der Waals surface area contributed by atoms with Gasteiger partial charge in [0, 0.05) is 25.6 Å². The van der Waals surface area contributed by atoms with Crippen LogP contribution in [0.4, 0.5) is 11.9 Å². The van der Waals surface area contributed by atoms with Crippen molar-refractivity contribution in [2.75, 3.05) is 30.8 Å². The molecule has 1 aromatic rings. The van der Waals surface area contributed by atoms with Crippen molar-refractivity contribution in [1.29, 1.82) is 0 Å². The van der Waals surface area contributed by atoms with E-state index in [9.17, 15) is 4.79 Å². The lowest BCUT2D eigenvalue weighted by molar-refractivity contribution is -0.121. The van der Waals surface area contributed by atoms with Crippen LogP contribution < -0.4 is 20.7 Å². The molecular formula is C13H22N6O2. The van der Waals surface area contributed by atoms with Crippen molar-refractivity contribution in [2.24, 2.45) is 0 Å². The first kappa shape index (κ1) is 15.3. The fourth-order valence-electron chi connectivity index (χ4n) is 1.74. The number of carbonyl (C=O) groups excluding carboxylic acids is 1. The Labute approximate surface area is 124 Å². The van der Waals surface area contributed by atoms with Crippen LogP contribution in [-0.2, 0) is 4.79 Å². The number of carbonyl (C=O) groups is 1. The third-order valence-electron chi connectivity index (χ3n) is 2.94. The van der Waals surface area contributed by atoms with Gasteiger partial charge in [0.2, 0.25) is 17.8 Å². The van der Waals surface area contributed by atoms with Crippen LogP contribution in [-0.4, -0.2) is 47.1 Å². The fraction of sp³-hybridized carbons (Fsp3) is 0.692. The topological polar surface area (TPSA) is 101 Å². The van der Waals surface area contributed by atoms with Gasteiger partial charge in [0.25, 0.3) is 0 Å². The summed E-state index contributed by atoms with van der Waals surface area (Å²) in [5.74, 6) is 1.03. The van der Waals surface area contributed by atoms with Crippen molar-refractivity contribution in [3.8, 4) is 6.01 Å². The maximum absolute atomic E-state index is 11.5. The summed E-state index contributed by atoms with van der Waals surface area (Å²) in [4.78, 5) is 23.9. The number of amides is 1. The Morgan fingerprint density at radius 1 is 1.24 bits per heavy atom. The lowest BCUT2D eigenvalue weighted by Gasteiger charge is -2.08. The van der Waals surface area contributed by atoms with Crippen LogP contribution in [0.1, 0.15) is 32.6 Å². The van der Waals surface area contributed by atoms with Gasteiger partial charge in [0.05, 0.1) is 7.11 Å². The molecule has 0 bridgehead atoms. The summed E-state index contributed by atoms with van der Waals surface area (Å²) < 4.78 is 5.03. The smallest absolute Gasteiger partial charge is 0.322 e. The molecule has 1 saturated carbocycles. The fourth-order valence-corrected chi connectivity index (χ4v) is 1.74. The SMILES string of the molecule is CCNc1nc(NCCCC(=O)NC2CC2)nc(OC)n1. The Morgan fingerprint density at radius 2 is 1.95 bits per heavy atom. The van der Waals surface area contributed by atoms with Gasteiger partial charge >= 0.3 is 6.01 Å². The highest BCUT2D eigenvalue weighted by molar-refractivity contribution is 5.76. The van der Waals surface area contributed by atoms with Gasteiger partial charge in [0.1, 0.15) is 0 Å². The van der Waals surface area contributed by atoms with E-state index in [1.807, 2.05) is 6.92 Å². The normalized spacial score (nSPS) is 13.6. The second-order valence-electron chi connectivity index (χ2n) is 4.87. The average Bonchev–Trinajstić information content (AvgIpc) is 3.27. The summed E-state index contributed by atoms with van der Waals surface area (Å²) in [6, 6.07) is 0.677. The monoisotopic (exact) mass is 294 g/mol. The summed E-state index contributed by atoms with van der Waals surface area (Å²) in [5.41, 5.74) is 0. The van der Waals surface area contributed by atoms with Crippen LogP contribution in [0.3, 0.4) is 0 Å². The van der Waals surface area contributed by atoms with Crippen molar-refractivity contribution in [1.82, 2.24) is 20.3 Å². The van der Waals surface area contributed by atoms with E-state index < -0.39 is 0 Å². The average molecular weight is 294 g/mol. The Balaban J connectivity index is 1.75. The van der Waals surface area contributed by atoms with Crippen LogP contribution in [0, 0.1) is 0 Å². The largest absolute Gasteiger partial charge is 0.467 e. The Kier molecular flexibility index (Phi) is 5.53. The van der Waals surface area contributed by atoms with Crippen molar-refractivity contribution < 1.29 is 9.53 Å². The van der Waals surface area contributed by atoms with Gasteiger partial charge in [-0.3, -0.25) is 4.79 Å². The Hall–Kier alpha value is -2.12. The van der Waals surface area contributed by atoms with E-state index in [1.54, 1.807) is 0 Å². The van der Waals surface area contributed by atoms with Gasteiger partial charge < -0.3 is 20.7 Å². The van der Waals surface area contributed by atoms with Crippen LogP contribution in [0.15, 0.2) is 0 Å². The number of aromatic nitrogens is 3. The number of nitrogens with zero attached hydrogens (tertiary/aromatic N) is 3. The van der Waals surface area contributed by atoms with Gasteiger partial charge in [-0.15, -0.1) is 0 Å². The summed E-state index contributed by atoms with van der Waals surface area (Å²) in [6.07, 6.45) is 3.46. The van der Waals surface area contributed by atoms with Crippen molar-refractivity contribution in [3.63, 3.8) is 0 Å². The number of methoxy groups -OCH3 is 1. The summed E-state index contributed by atoms with van der Waals surface area (Å²) in [7, 11) is 1.51. The van der Waals surface area contributed by atoms with Gasteiger partial charge in [0.15, 0.2) is 0 Å². The van der Waals surface area contributed by atoms with Crippen molar-refractivity contribution >= 4 is 17.8 Å². The lowest BCUT2D eigenvalue weighted by atomic mass is 10.3. The molecule has 21 heavy (non-hydrogen) atoms. The predicted octanol–water partition coefficient (Wildman–Crippen LogP) is 0.783. The molecular weight excluding hydrogens is 272 g/mol. The molecule has 116 valence electrons. The van der Waals surface area contributed by atoms with E-state index in [0.717, 1.165) is 19.3 Å². The van der Waals surface area contributed by atoms with E-state index in [4.69, 9.17) is 4.74 Å². The van der Waals surface area contributed by atoms with Gasteiger partial charge in [-0.25, -0.2) is 0 Å². The predicted molar refractivity (Wildman–Crippen MR) is 79.4 cm³/mol. The molecule has 8 nitrogen and oxygen atoms in total. The van der Waals surface area contributed by atoms with E-state index in [0.29, 0.717) is 37.4 Å². The minimum absolute atomic E-state index is 0.112. The van der Waals surface area contributed by atoms with Gasteiger partial charge in [-0.2, -0.15) is 15.0 Å². The lowest BCUT2D eigenvalue weighted by Crippen LogP contribution is -2.25. The van der Waals surface area contributed by atoms with Crippen LogP contribution in [0.25, 0.3) is 0 Å². The molecule has 0 aromatic carbocycles. The summed E-state index contributed by atoms with van der Waals surface area (Å²) in [6.45, 7) is 3.30. The van der Waals surface area contributed by atoms with E-state index >= 15 is 0 Å². The third kappa shape index (κ3) is 5.41. The molecule has 1 aliphatic carbocycles. The highest BCUT2D eigenvalue weighted by Crippen LogP contribution is 2.18. The highest BCUT2D eigenvalue weighted by atomic mass is 16.5. The number of ether oxygens (including phenoxy) is 1. The number of hydrogen-bond donors (Lipinski definition) is 3. The second-order valence-corrected chi connectivity index (χ2v) is 4.87. The zero-order valence-corrected chi connectivity index (χ0v) is 12.5. The first-order valence-corrected chi connectivity index (χ1v) is 7.28. The molecule has 1 heterocycles.